The third-order valence-electron chi connectivity index (χ3n) is 2.68. The Kier molecular flexibility index (Phi) is 5.01. The number of methoxy groups -OCH3 is 1. The summed E-state index contributed by atoms with van der Waals surface area (Å²) in [6.45, 7) is 1.44. The Bertz CT molecular complexity index is 206. The van der Waals surface area contributed by atoms with E-state index in [9.17, 15) is 4.79 Å². The van der Waals surface area contributed by atoms with Gasteiger partial charge in [-0.1, -0.05) is 0 Å². The fourth-order valence-electron chi connectivity index (χ4n) is 1.79. The van der Waals surface area contributed by atoms with Crippen LogP contribution >= 0.6 is 0 Å². The second kappa shape index (κ2) is 6.05. The van der Waals surface area contributed by atoms with Gasteiger partial charge in [-0.25, -0.2) is 0 Å². The summed E-state index contributed by atoms with van der Waals surface area (Å²) in [5, 5.41) is 18.0. The number of rotatable bonds is 8. The van der Waals surface area contributed by atoms with E-state index in [1.54, 1.807) is 12.0 Å². The minimum atomic E-state index is -0.790. The van der Waals surface area contributed by atoms with Gasteiger partial charge in [0.05, 0.1) is 13.2 Å². The van der Waals surface area contributed by atoms with Gasteiger partial charge in [-0.15, -0.1) is 0 Å². The predicted molar refractivity (Wildman–Crippen MR) is 54.7 cm³/mol. The summed E-state index contributed by atoms with van der Waals surface area (Å²) in [6, 6.07) is -0.452. The fourth-order valence-corrected chi connectivity index (χ4v) is 1.79. The summed E-state index contributed by atoms with van der Waals surface area (Å²) in [6.07, 6.45) is 1.96. The molecule has 1 atom stereocenters. The van der Waals surface area contributed by atoms with E-state index in [1.165, 1.54) is 0 Å². The molecule has 0 spiro atoms. The second-order valence-corrected chi connectivity index (χ2v) is 3.87. The molecule has 1 unspecified atom stereocenters. The number of nitrogens with zero attached hydrogens (tertiary/aromatic N) is 1. The molecule has 0 aliphatic heterocycles. The first kappa shape index (κ1) is 12.4. The van der Waals surface area contributed by atoms with E-state index < -0.39 is 12.0 Å². The molecule has 2 N–H and O–H groups in total. The molecule has 1 fully saturated rings. The van der Waals surface area contributed by atoms with Crippen molar-refractivity contribution in [2.75, 3.05) is 33.4 Å². The van der Waals surface area contributed by atoms with Gasteiger partial charge >= 0.3 is 5.97 Å². The third-order valence-corrected chi connectivity index (χ3v) is 2.68. The van der Waals surface area contributed by atoms with Crippen LogP contribution in [-0.2, 0) is 9.53 Å². The molecule has 0 aromatic carbocycles. The summed E-state index contributed by atoms with van der Waals surface area (Å²) >= 11 is 0. The maximum Gasteiger partial charge on any atom is 0.321 e. The van der Waals surface area contributed by atoms with Crippen LogP contribution in [0.2, 0.25) is 0 Å². The van der Waals surface area contributed by atoms with E-state index >= 15 is 0 Å². The highest BCUT2D eigenvalue weighted by molar-refractivity contribution is 5.74. The van der Waals surface area contributed by atoms with Crippen molar-refractivity contribution < 1.29 is 19.7 Å². The van der Waals surface area contributed by atoms with Crippen LogP contribution in [0, 0.1) is 5.92 Å². The molecule has 0 aromatic rings. The Morgan fingerprint density at radius 2 is 2.20 bits per heavy atom. The molecule has 0 heterocycles. The monoisotopic (exact) mass is 217 g/mol. The van der Waals surface area contributed by atoms with E-state index in [4.69, 9.17) is 14.9 Å². The summed E-state index contributed by atoms with van der Waals surface area (Å²) in [5.74, 6) is -0.534. The highest BCUT2D eigenvalue weighted by Gasteiger charge is 2.39. The summed E-state index contributed by atoms with van der Waals surface area (Å²) < 4.78 is 4.93. The van der Waals surface area contributed by atoms with Crippen LogP contribution in [0.15, 0.2) is 0 Å². The lowest BCUT2D eigenvalue weighted by molar-refractivity contribution is -0.144. The zero-order valence-corrected chi connectivity index (χ0v) is 9.06. The van der Waals surface area contributed by atoms with E-state index in [-0.39, 0.29) is 12.5 Å². The molecule has 1 aliphatic carbocycles. The van der Waals surface area contributed by atoms with E-state index in [2.05, 4.69) is 0 Å². The Morgan fingerprint density at radius 1 is 1.53 bits per heavy atom. The minimum absolute atomic E-state index is 0.0137. The quantitative estimate of drug-likeness (QED) is 0.588. The summed E-state index contributed by atoms with van der Waals surface area (Å²) in [4.78, 5) is 12.9. The first-order chi connectivity index (χ1) is 7.20. The molecule has 88 valence electrons. The van der Waals surface area contributed by atoms with E-state index in [1.807, 2.05) is 0 Å². The van der Waals surface area contributed by atoms with Crippen LogP contribution in [0.1, 0.15) is 12.8 Å². The number of aliphatic hydroxyl groups excluding tert-OH is 1. The fraction of sp³-hybridized carbons (Fsp3) is 0.900. The van der Waals surface area contributed by atoms with Crippen molar-refractivity contribution in [2.45, 2.75) is 18.9 Å². The number of aliphatic hydroxyl groups is 1. The van der Waals surface area contributed by atoms with Gasteiger partial charge in [0.1, 0.15) is 6.04 Å². The lowest BCUT2D eigenvalue weighted by Gasteiger charge is -2.27. The standard InChI is InChI=1S/C10H19NO4/c1-15-7-5-11(4-6-12)9(10(13)14)8-2-3-8/h8-9,12H,2-7H2,1H3,(H,13,14). The number of hydrogen-bond acceptors (Lipinski definition) is 4. The number of ether oxygens (including phenoxy) is 1. The van der Waals surface area contributed by atoms with Crippen molar-refractivity contribution in [2.24, 2.45) is 5.92 Å². The van der Waals surface area contributed by atoms with Crippen molar-refractivity contribution in [3.8, 4) is 0 Å². The van der Waals surface area contributed by atoms with Crippen molar-refractivity contribution in [1.29, 1.82) is 0 Å². The number of carboxylic acids is 1. The van der Waals surface area contributed by atoms with Gasteiger partial charge < -0.3 is 14.9 Å². The molecule has 1 saturated carbocycles. The molecule has 1 rings (SSSR count). The van der Waals surface area contributed by atoms with Crippen LogP contribution in [0.3, 0.4) is 0 Å². The summed E-state index contributed by atoms with van der Waals surface area (Å²) in [7, 11) is 1.59. The molecular formula is C10H19NO4. The number of aliphatic carboxylic acids is 1. The first-order valence-electron chi connectivity index (χ1n) is 5.27. The van der Waals surface area contributed by atoms with Gasteiger partial charge in [0.25, 0.3) is 0 Å². The van der Waals surface area contributed by atoms with Crippen molar-refractivity contribution in [3.63, 3.8) is 0 Å². The Labute approximate surface area is 89.6 Å². The van der Waals surface area contributed by atoms with Gasteiger partial charge in [0, 0.05) is 20.2 Å². The normalized spacial score (nSPS) is 18.1. The zero-order valence-electron chi connectivity index (χ0n) is 9.06. The molecule has 5 nitrogen and oxygen atoms in total. The Morgan fingerprint density at radius 3 is 2.60 bits per heavy atom. The second-order valence-electron chi connectivity index (χ2n) is 3.87. The van der Waals surface area contributed by atoms with Crippen LogP contribution in [0.4, 0.5) is 0 Å². The maximum atomic E-state index is 11.1. The molecule has 0 aromatic heterocycles. The van der Waals surface area contributed by atoms with Gasteiger partial charge in [-0.3, -0.25) is 9.69 Å². The summed E-state index contributed by atoms with van der Waals surface area (Å²) in [5.41, 5.74) is 0. The molecule has 1 aliphatic rings. The SMILES string of the molecule is COCCN(CCO)C(C(=O)O)C1CC1. The molecule has 0 saturated heterocycles. The lowest BCUT2D eigenvalue weighted by Crippen LogP contribution is -2.45. The van der Waals surface area contributed by atoms with Gasteiger partial charge in [0.15, 0.2) is 0 Å². The Hall–Kier alpha value is -0.650. The minimum Gasteiger partial charge on any atom is -0.480 e. The molecule has 15 heavy (non-hydrogen) atoms. The van der Waals surface area contributed by atoms with Crippen LogP contribution in [0.5, 0.6) is 0 Å². The van der Waals surface area contributed by atoms with Crippen molar-refractivity contribution in [3.05, 3.63) is 0 Å². The van der Waals surface area contributed by atoms with Crippen molar-refractivity contribution >= 4 is 5.97 Å². The van der Waals surface area contributed by atoms with Crippen LogP contribution < -0.4 is 0 Å². The molecule has 0 amide bonds. The molecular weight excluding hydrogens is 198 g/mol. The van der Waals surface area contributed by atoms with Crippen LogP contribution in [0.25, 0.3) is 0 Å². The first-order valence-corrected chi connectivity index (χ1v) is 5.27. The highest BCUT2D eigenvalue weighted by Crippen LogP contribution is 2.35. The van der Waals surface area contributed by atoms with Gasteiger partial charge in [-0.2, -0.15) is 0 Å². The molecule has 5 heteroatoms. The largest absolute Gasteiger partial charge is 0.480 e. The smallest absolute Gasteiger partial charge is 0.321 e. The number of hydrogen-bond donors (Lipinski definition) is 2. The Balaban J connectivity index is 2.52. The molecule has 0 radical (unpaired) electrons. The van der Waals surface area contributed by atoms with Crippen molar-refractivity contribution in [1.82, 2.24) is 4.90 Å². The maximum absolute atomic E-state index is 11.1. The highest BCUT2D eigenvalue weighted by atomic mass is 16.5. The lowest BCUT2D eigenvalue weighted by atomic mass is 10.1. The number of carbonyl (C=O) groups is 1. The van der Waals surface area contributed by atoms with Crippen LogP contribution in [-0.4, -0.2) is 60.5 Å². The van der Waals surface area contributed by atoms with Gasteiger partial charge in [-0.05, 0) is 18.8 Å². The number of carboxylic acid groups (broad SMARTS) is 1. The third kappa shape index (κ3) is 3.77. The predicted octanol–water partition coefficient (Wildman–Crippen LogP) is -0.210. The van der Waals surface area contributed by atoms with E-state index in [0.29, 0.717) is 19.7 Å². The van der Waals surface area contributed by atoms with Gasteiger partial charge in [0.2, 0.25) is 0 Å². The molecule has 0 bridgehead atoms. The average Bonchev–Trinajstić information content (AvgIpc) is 2.98. The average molecular weight is 217 g/mol. The van der Waals surface area contributed by atoms with E-state index in [0.717, 1.165) is 12.8 Å². The zero-order chi connectivity index (χ0) is 11.3. The topological polar surface area (TPSA) is 70.0 Å².